The second-order valence-electron chi connectivity index (χ2n) is 9.47. The van der Waals surface area contributed by atoms with Gasteiger partial charge in [-0.3, -0.25) is 9.59 Å². The van der Waals surface area contributed by atoms with Crippen molar-refractivity contribution in [1.82, 2.24) is 20.5 Å². The van der Waals surface area contributed by atoms with Crippen LogP contribution in [0.2, 0.25) is 5.02 Å². The van der Waals surface area contributed by atoms with Gasteiger partial charge in [-0.05, 0) is 50.2 Å². The van der Waals surface area contributed by atoms with E-state index >= 15 is 0 Å². The van der Waals surface area contributed by atoms with Crippen molar-refractivity contribution in [3.05, 3.63) is 58.9 Å². The summed E-state index contributed by atoms with van der Waals surface area (Å²) in [6.45, 7) is 3.85. The third-order valence-electron chi connectivity index (χ3n) is 6.70. The van der Waals surface area contributed by atoms with Crippen LogP contribution in [0.1, 0.15) is 29.1 Å². The van der Waals surface area contributed by atoms with Crippen molar-refractivity contribution >= 4 is 40.2 Å². The number of rotatable bonds is 7. The summed E-state index contributed by atoms with van der Waals surface area (Å²) in [5.41, 5.74) is 1.83. The van der Waals surface area contributed by atoms with Crippen LogP contribution in [0.25, 0.3) is 11.1 Å². The summed E-state index contributed by atoms with van der Waals surface area (Å²) in [4.78, 5) is 35.2. The highest BCUT2D eigenvalue weighted by Gasteiger charge is 2.46. The highest BCUT2D eigenvalue weighted by molar-refractivity contribution is 6.31. The Morgan fingerprint density at radius 3 is 2.67 bits per heavy atom. The molecule has 2 aromatic carbocycles. The molecule has 2 amide bonds. The fraction of sp³-hybridized carbons (Fsp3) is 0.385. The van der Waals surface area contributed by atoms with Gasteiger partial charge in [0.05, 0.1) is 12.5 Å². The van der Waals surface area contributed by atoms with E-state index in [2.05, 4.69) is 38.5 Å². The first-order chi connectivity index (χ1) is 17.3. The average molecular weight is 507 g/mol. The zero-order chi connectivity index (χ0) is 25.3. The number of oxazole rings is 1. The smallest absolute Gasteiger partial charge is 0.251 e. The Balaban J connectivity index is 1.36. The third kappa shape index (κ3) is 5.30. The first-order valence-electron chi connectivity index (χ1n) is 12.0. The van der Waals surface area contributed by atoms with Gasteiger partial charge in [0.2, 0.25) is 5.91 Å². The minimum Gasteiger partial charge on any atom is -0.441 e. The maximum absolute atomic E-state index is 13.1. The Labute approximate surface area is 214 Å². The van der Waals surface area contributed by atoms with Crippen LogP contribution in [-0.2, 0) is 11.2 Å². The fourth-order valence-electron chi connectivity index (χ4n) is 4.28. The summed E-state index contributed by atoms with van der Waals surface area (Å²) in [5.74, 6) is -0.577. The molecule has 36 heavy (non-hydrogen) atoms. The van der Waals surface area contributed by atoms with E-state index in [0.29, 0.717) is 40.4 Å². The molecule has 2 N–H and O–H groups in total. The van der Waals surface area contributed by atoms with E-state index in [1.807, 2.05) is 18.2 Å². The van der Waals surface area contributed by atoms with Gasteiger partial charge in [-0.15, -0.1) is 0 Å². The highest BCUT2D eigenvalue weighted by atomic mass is 35.5. The van der Waals surface area contributed by atoms with E-state index in [0.717, 1.165) is 31.9 Å². The second kappa shape index (κ2) is 9.80. The number of nitrogens with zero attached hydrogens (tertiary/aromatic N) is 4. The first kappa shape index (κ1) is 24.1. The van der Waals surface area contributed by atoms with Crippen molar-refractivity contribution in [1.29, 1.82) is 5.26 Å². The SMILES string of the molecule is CN1CCN(c2ccc3nc(CC(NC(=O)c4cccc(Cl)c4)C(=O)NC4(C#N)CC4)oc3c2)CC1. The zero-order valence-electron chi connectivity index (χ0n) is 20.0. The quantitative estimate of drug-likeness (QED) is 0.506. The van der Waals surface area contributed by atoms with Gasteiger partial charge in [0, 0.05) is 48.5 Å². The molecule has 2 fully saturated rings. The molecule has 1 aliphatic carbocycles. The largest absolute Gasteiger partial charge is 0.441 e. The number of fused-ring (bicyclic) bond motifs is 1. The third-order valence-corrected chi connectivity index (χ3v) is 6.93. The highest BCUT2D eigenvalue weighted by Crippen LogP contribution is 2.34. The number of nitrogens with one attached hydrogen (secondary N) is 2. The van der Waals surface area contributed by atoms with Crippen LogP contribution in [0.15, 0.2) is 46.9 Å². The molecule has 5 rings (SSSR count). The van der Waals surface area contributed by atoms with Crippen molar-refractivity contribution in [3.63, 3.8) is 0 Å². The van der Waals surface area contributed by atoms with Gasteiger partial charge in [-0.1, -0.05) is 17.7 Å². The lowest BCUT2D eigenvalue weighted by Gasteiger charge is -2.33. The van der Waals surface area contributed by atoms with Gasteiger partial charge in [0.1, 0.15) is 17.1 Å². The molecule has 186 valence electrons. The monoisotopic (exact) mass is 506 g/mol. The first-order valence-corrected chi connectivity index (χ1v) is 12.3. The van der Waals surface area contributed by atoms with Crippen LogP contribution in [0.5, 0.6) is 0 Å². The molecule has 1 aromatic heterocycles. The average Bonchev–Trinajstić information content (AvgIpc) is 3.53. The van der Waals surface area contributed by atoms with E-state index in [1.54, 1.807) is 18.2 Å². The number of nitriles is 1. The molecule has 1 atom stereocenters. The molecule has 9 nitrogen and oxygen atoms in total. The van der Waals surface area contributed by atoms with E-state index in [-0.39, 0.29) is 6.42 Å². The topological polar surface area (TPSA) is 114 Å². The van der Waals surface area contributed by atoms with Crippen LogP contribution in [0.4, 0.5) is 5.69 Å². The molecular formula is C26H27ClN6O3. The summed E-state index contributed by atoms with van der Waals surface area (Å²) in [6.07, 6.45) is 1.21. The van der Waals surface area contributed by atoms with E-state index in [4.69, 9.17) is 16.0 Å². The van der Waals surface area contributed by atoms with Crippen LogP contribution in [-0.4, -0.2) is 66.5 Å². The van der Waals surface area contributed by atoms with Gasteiger partial charge < -0.3 is 24.9 Å². The number of aromatic nitrogens is 1. The predicted octanol–water partition coefficient (Wildman–Crippen LogP) is 2.75. The molecule has 2 aliphatic rings. The Hall–Kier alpha value is -3.61. The minimum atomic E-state index is -0.979. The molecule has 0 spiro atoms. The number of likely N-dealkylation sites (N-methyl/N-ethyl adjacent to an activating group) is 1. The molecule has 3 aromatic rings. The van der Waals surface area contributed by atoms with Crippen LogP contribution in [0, 0.1) is 11.3 Å². The molecule has 1 aliphatic heterocycles. The Kier molecular flexibility index (Phi) is 6.56. The molecule has 1 saturated heterocycles. The Bertz CT molecular complexity index is 1340. The standard InChI is InChI=1S/C26H27ClN6O3/c1-32-9-11-33(12-10-32)19-5-6-20-22(14-19)36-23(29-20)15-21(25(35)31-26(16-28)7-8-26)30-24(34)17-3-2-4-18(27)13-17/h2-6,13-14,21H,7-12,15H2,1H3,(H,30,34)(H,31,35). The number of piperazine rings is 1. The number of anilines is 1. The van der Waals surface area contributed by atoms with E-state index < -0.39 is 23.4 Å². The molecule has 1 unspecified atom stereocenters. The molecule has 10 heteroatoms. The summed E-state index contributed by atoms with van der Waals surface area (Å²) >= 11 is 6.03. The Morgan fingerprint density at radius 2 is 1.97 bits per heavy atom. The van der Waals surface area contributed by atoms with E-state index in [9.17, 15) is 14.9 Å². The zero-order valence-corrected chi connectivity index (χ0v) is 20.7. The number of carbonyl (C=O) groups is 2. The summed E-state index contributed by atoms with van der Waals surface area (Å²) in [7, 11) is 2.11. The number of amides is 2. The number of hydrogen-bond donors (Lipinski definition) is 2. The maximum atomic E-state index is 13.1. The number of benzene rings is 2. The van der Waals surface area contributed by atoms with Gasteiger partial charge in [0.25, 0.3) is 5.91 Å². The van der Waals surface area contributed by atoms with Crippen LogP contribution in [0.3, 0.4) is 0 Å². The number of hydrogen-bond acceptors (Lipinski definition) is 7. The molecular weight excluding hydrogens is 480 g/mol. The Morgan fingerprint density at radius 1 is 1.19 bits per heavy atom. The fourth-order valence-corrected chi connectivity index (χ4v) is 4.47. The van der Waals surface area contributed by atoms with Crippen molar-refractivity contribution in [2.45, 2.75) is 30.8 Å². The van der Waals surface area contributed by atoms with Crippen LogP contribution >= 0.6 is 11.6 Å². The van der Waals surface area contributed by atoms with Crippen molar-refractivity contribution in [2.75, 3.05) is 38.1 Å². The van der Waals surface area contributed by atoms with E-state index in [1.165, 1.54) is 6.07 Å². The van der Waals surface area contributed by atoms with Crippen molar-refractivity contribution in [3.8, 4) is 6.07 Å². The lowest BCUT2D eigenvalue weighted by molar-refractivity contribution is -0.123. The molecule has 0 radical (unpaired) electrons. The second-order valence-corrected chi connectivity index (χ2v) is 9.91. The summed E-state index contributed by atoms with van der Waals surface area (Å²) < 4.78 is 6.01. The molecule has 2 heterocycles. The van der Waals surface area contributed by atoms with Gasteiger partial charge in [-0.25, -0.2) is 4.98 Å². The summed E-state index contributed by atoms with van der Waals surface area (Å²) in [6, 6.07) is 13.5. The molecule has 0 bridgehead atoms. The van der Waals surface area contributed by atoms with Gasteiger partial charge >= 0.3 is 0 Å². The minimum absolute atomic E-state index is 0.0399. The van der Waals surface area contributed by atoms with Crippen LogP contribution < -0.4 is 15.5 Å². The lowest BCUT2D eigenvalue weighted by Crippen LogP contribution is -2.51. The van der Waals surface area contributed by atoms with Crippen molar-refractivity contribution in [2.24, 2.45) is 0 Å². The van der Waals surface area contributed by atoms with Crippen molar-refractivity contribution < 1.29 is 14.0 Å². The summed E-state index contributed by atoms with van der Waals surface area (Å²) in [5, 5.41) is 15.4. The molecule has 1 saturated carbocycles. The normalized spacial score (nSPS) is 17.9. The lowest BCUT2D eigenvalue weighted by atomic mass is 10.1. The number of carbonyl (C=O) groups excluding carboxylic acids is 2. The maximum Gasteiger partial charge on any atom is 0.251 e. The van der Waals surface area contributed by atoms with Gasteiger partial charge in [0.15, 0.2) is 11.5 Å². The van der Waals surface area contributed by atoms with Gasteiger partial charge in [-0.2, -0.15) is 5.26 Å². The number of halogens is 1. The predicted molar refractivity (Wildman–Crippen MR) is 136 cm³/mol.